The number of amides is 1. The van der Waals surface area contributed by atoms with Crippen molar-refractivity contribution in [3.63, 3.8) is 0 Å². The maximum absolute atomic E-state index is 11.5. The Balaban J connectivity index is 2.27. The fraction of sp³-hybridized carbons (Fsp3) is 0.286. The standard InChI is InChI=1S/C14H17N3O4/c1-9(2)21-12-5-3-4-10(14(15)18)11(12)8-20-13-6-7-17(19)16-13/h3-7,9,19H,8H2,1-2H3,(H2,15,18). The van der Waals surface area contributed by atoms with Crippen LogP contribution in [0.1, 0.15) is 29.8 Å². The van der Waals surface area contributed by atoms with Crippen molar-refractivity contribution >= 4 is 5.91 Å². The van der Waals surface area contributed by atoms with Crippen molar-refractivity contribution in [2.75, 3.05) is 0 Å². The van der Waals surface area contributed by atoms with Crippen molar-refractivity contribution in [3.05, 3.63) is 41.6 Å². The van der Waals surface area contributed by atoms with E-state index in [9.17, 15) is 4.79 Å². The van der Waals surface area contributed by atoms with Crippen LogP contribution in [0.3, 0.4) is 0 Å². The van der Waals surface area contributed by atoms with Gasteiger partial charge in [-0.2, -0.15) is 0 Å². The van der Waals surface area contributed by atoms with Gasteiger partial charge in [-0.3, -0.25) is 4.79 Å². The summed E-state index contributed by atoms with van der Waals surface area (Å²) < 4.78 is 11.1. The molecule has 7 nitrogen and oxygen atoms in total. The van der Waals surface area contributed by atoms with Gasteiger partial charge < -0.3 is 20.4 Å². The molecule has 0 saturated heterocycles. The fourth-order valence-electron chi connectivity index (χ4n) is 1.83. The molecule has 0 spiro atoms. The molecule has 0 unspecified atom stereocenters. The molecule has 0 saturated carbocycles. The molecule has 2 aromatic rings. The maximum Gasteiger partial charge on any atom is 0.249 e. The van der Waals surface area contributed by atoms with Gasteiger partial charge >= 0.3 is 0 Å². The van der Waals surface area contributed by atoms with E-state index in [4.69, 9.17) is 20.4 Å². The predicted octanol–water partition coefficient (Wildman–Crippen LogP) is 1.59. The van der Waals surface area contributed by atoms with Crippen LogP contribution in [-0.4, -0.2) is 27.2 Å². The van der Waals surface area contributed by atoms with E-state index in [1.165, 1.54) is 12.3 Å². The van der Waals surface area contributed by atoms with E-state index in [0.29, 0.717) is 21.7 Å². The summed E-state index contributed by atoms with van der Waals surface area (Å²) in [5, 5.41) is 12.8. The third kappa shape index (κ3) is 3.65. The van der Waals surface area contributed by atoms with Crippen LogP contribution < -0.4 is 15.2 Å². The maximum atomic E-state index is 11.5. The molecule has 21 heavy (non-hydrogen) atoms. The molecule has 2 rings (SSSR count). The van der Waals surface area contributed by atoms with Crippen LogP contribution in [0.4, 0.5) is 0 Å². The number of nitrogens with zero attached hydrogens (tertiary/aromatic N) is 2. The third-order valence-corrected chi connectivity index (χ3v) is 2.68. The minimum Gasteiger partial charge on any atom is -0.491 e. The van der Waals surface area contributed by atoms with Gasteiger partial charge in [0.05, 0.1) is 12.3 Å². The zero-order chi connectivity index (χ0) is 15.4. The number of primary amides is 1. The van der Waals surface area contributed by atoms with Gasteiger partial charge in [-0.1, -0.05) is 11.2 Å². The van der Waals surface area contributed by atoms with Gasteiger partial charge in [0.25, 0.3) is 0 Å². The highest BCUT2D eigenvalue weighted by Gasteiger charge is 2.15. The molecule has 7 heteroatoms. The Bertz CT molecular complexity index is 637. The summed E-state index contributed by atoms with van der Waals surface area (Å²) in [7, 11) is 0. The highest BCUT2D eigenvalue weighted by Crippen LogP contribution is 2.25. The highest BCUT2D eigenvalue weighted by molar-refractivity contribution is 5.95. The third-order valence-electron chi connectivity index (χ3n) is 2.68. The van der Waals surface area contributed by atoms with Crippen molar-refractivity contribution in [2.24, 2.45) is 5.73 Å². The Kier molecular flexibility index (Phi) is 4.32. The SMILES string of the molecule is CC(C)Oc1cccc(C(N)=O)c1COc1ccn(O)n1. The highest BCUT2D eigenvalue weighted by atomic mass is 16.5. The first-order chi connectivity index (χ1) is 9.97. The minimum atomic E-state index is -0.560. The first kappa shape index (κ1) is 14.7. The van der Waals surface area contributed by atoms with Crippen molar-refractivity contribution < 1.29 is 19.5 Å². The Labute approximate surface area is 121 Å². The Hall–Kier alpha value is -2.70. The second-order valence-corrected chi connectivity index (χ2v) is 4.68. The van der Waals surface area contributed by atoms with Crippen LogP contribution in [0.25, 0.3) is 0 Å². The van der Waals surface area contributed by atoms with Crippen molar-refractivity contribution in [1.82, 2.24) is 9.94 Å². The lowest BCUT2D eigenvalue weighted by Gasteiger charge is -2.16. The van der Waals surface area contributed by atoms with Gasteiger partial charge in [-0.15, -0.1) is 4.85 Å². The summed E-state index contributed by atoms with van der Waals surface area (Å²) in [6.45, 7) is 3.82. The van der Waals surface area contributed by atoms with E-state index in [-0.39, 0.29) is 18.6 Å². The average Bonchev–Trinajstić information content (AvgIpc) is 2.82. The zero-order valence-corrected chi connectivity index (χ0v) is 11.8. The molecule has 0 aliphatic heterocycles. The number of ether oxygens (including phenoxy) is 2. The summed E-state index contributed by atoms with van der Waals surface area (Å²) >= 11 is 0. The van der Waals surface area contributed by atoms with E-state index in [1.54, 1.807) is 18.2 Å². The summed E-state index contributed by atoms with van der Waals surface area (Å²) in [4.78, 5) is 12.2. The molecule has 0 fully saturated rings. The second-order valence-electron chi connectivity index (χ2n) is 4.68. The van der Waals surface area contributed by atoms with Crippen LogP contribution in [-0.2, 0) is 6.61 Å². The molecule has 112 valence electrons. The van der Waals surface area contributed by atoms with E-state index < -0.39 is 5.91 Å². The number of aromatic nitrogens is 2. The first-order valence-electron chi connectivity index (χ1n) is 6.43. The zero-order valence-electron chi connectivity index (χ0n) is 11.8. The molecule has 1 aromatic heterocycles. The fourth-order valence-corrected chi connectivity index (χ4v) is 1.83. The van der Waals surface area contributed by atoms with Crippen molar-refractivity contribution in [3.8, 4) is 11.6 Å². The van der Waals surface area contributed by atoms with E-state index in [1.807, 2.05) is 13.8 Å². The topological polar surface area (TPSA) is 99.6 Å². The quantitative estimate of drug-likeness (QED) is 0.787. The number of carbonyl (C=O) groups is 1. The molecule has 1 amide bonds. The monoisotopic (exact) mass is 291 g/mol. The summed E-state index contributed by atoms with van der Waals surface area (Å²) in [6, 6.07) is 6.55. The number of benzene rings is 1. The van der Waals surface area contributed by atoms with Gasteiger partial charge in [0.15, 0.2) is 0 Å². The molecule has 1 aromatic carbocycles. The van der Waals surface area contributed by atoms with Crippen LogP contribution in [0.2, 0.25) is 0 Å². The van der Waals surface area contributed by atoms with Crippen LogP contribution in [0, 0.1) is 0 Å². The van der Waals surface area contributed by atoms with Gasteiger partial charge in [-0.05, 0) is 26.0 Å². The van der Waals surface area contributed by atoms with Gasteiger partial charge in [0, 0.05) is 17.2 Å². The number of nitrogens with two attached hydrogens (primary N) is 1. The lowest BCUT2D eigenvalue weighted by atomic mass is 10.1. The van der Waals surface area contributed by atoms with Crippen LogP contribution in [0.5, 0.6) is 11.6 Å². The summed E-state index contributed by atoms with van der Waals surface area (Å²) in [5.74, 6) is 0.201. The second kappa shape index (κ2) is 6.17. The minimum absolute atomic E-state index is 0.0523. The lowest BCUT2D eigenvalue weighted by Crippen LogP contribution is -2.17. The van der Waals surface area contributed by atoms with Gasteiger partial charge in [0.2, 0.25) is 11.8 Å². The number of carbonyl (C=O) groups excluding carboxylic acids is 1. The van der Waals surface area contributed by atoms with Crippen LogP contribution >= 0.6 is 0 Å². The largest absolute Gasteiger partial charge is 0.491 e. The predicted molar refractivity (Wildman–Crippen MR) is 74.5 cm³/mol. The Morgan fingerprint density at radius 1 is 1.43 bits per heavy atom. The van der Waals surface area contributed by atoms with E-state index in [2.05, 4.69) is 5.10 Å². The normalized spacial score (nSPS) is 10.6. The lowest BCUT2D eigenvalue weighted by molar-refractivity contribution is 0.0995. The molecule has 0 aliphatic carbocycles. The Morgan fingerprint density at radius 2 is 2.19 bits per heavy atom. The molecule has 1 heterocycles. The van der Waals surface area contributed by atoms with Gasteiger partial charge in [-0.25, -0.2) is 0 Å². The van der Waals surface area contributed by atoms with E-state index in [0.717, 1.165) is 0 Å². The number of hydrogen-bond acceptors (Lipinski definition) is 5. The van der Waals surface area contributed by atoms with Gasteiger partial charge in [0.1, 0.15) is 12.4 Å². The molecule has 0 aliphatic rings. The number of hydrogen-bond donors (Lipinski definition) is 2. The van der Waals surface area contributed by atoms with Crippen molar-refractivity contribution in [2.45, 2.75) is 26.6 Å². The molecule has 3 N–H and O–H groups in total. The Morgan fingerprint density at radius 3 is 2.76 bits per heavy atom. The average molecular weight is 291 g/mol. The van der Waals surface area contributed by atoms with Crippen LogP contribution in [0.15, 0.2) is 30.5 Å². The molecular formula is C14H17N3O4. The smallest absolute Gasteiger partial charge is 0.249 e. The summed E-state index contributed by atoms with van der Waals surface area (Å²) in [5.41, 5.74) is 6.26. The molecule has 0 radical (unpaired) electrons. The summed E-state index contributed by atoms with van der Waals surface area (Å²) in [6.07, 6.45) is 1.28. The first-order valence-corrected chi connectivity index (χ1v) is 6.43. The molecular weight excluding hydrogens is 274 g/mol. The number of rotatable bonds is 6. The molecule has 0 bridgehead atoms. The van der Waals surface area contributed by atoms with Crippen molar-refractivity contribution in [1.29, 1.82) is 0 Å². The molecule has 0 atom stereocenters. The van der Waals surface area contributed by atoms with E-state index >= 15 is 0 Å².